The number of hydrogen-bond donors (Lipinski definition) is 2. The molecule has 1 amide bonds. The Labute approximate surface area is 197 Å². The molecule has 0 unspecified atom stereocenters. The van der Waals surface area contributed by atoms with E-state index in [2.05, 4.69) is 15.3 Å². The first-order chi connectivity index (χ1) is 16.0. The van der Waals surface area contributed by atoms with Crippen molar-refractivity contribution in [1.82, 2.24) is 9.97 Å². The van der Waals surface area contributed by atoms with Gasteiger partial charge in [-0.3, -0.25) is 10.1 Å². The Morgan fingerprint density at radius 2 is 1.79 bits per heavy atom. The van der Waals surface area contributed by atoms with Crippen molar-refractivity contribution >= 4 is 39.7 Å². The molecule has 2 N–H and O–H groups in total. The van der Waals surface area contributed by atoms with Crippen molar-refractivity contribution in [3.63, 3.8) is 0 Å². The number of carbonyl (C=O) groups excluding carboxylic acids is 1. The lowest BCUT2D eigenvalue weighted by Crippen LogP contribution is -2.12. The van der Waals surface area contributed by atoms with Crippen LogP contribution in [0.3, 0.4) is 0 Å². The molecule has 0 aliphatic carbocycles. The lowest BCUT2D eigenvalue weighted by molar-refractivity contribution is 0.0701. The number of hydrogen-bond acceptors (Lipinski definition) is 8. The van der Waals surface area contributed by atoms with E-state index >= 15 is 0 Å². The van der Waals surface area contributed by atoms with Crippen LogP contribution in [-0.2, 0) is 13.2 Å². The molecule has 8 nitrogen and oxygen atoms in total. The smallest absolute Gasteiger partial charge is 0.347 e. The lowest BCUT2D eigenvalue weighted by Gasteiger charge is -2.12. The van der Waals surface area contributed by atoms with Crippen LogP contribution < -0.4 is 14.8 Å². The number of carboxylic acid groups (broad SMARTS) is 1. The van der Waals surface area contributed by atoms with Crippen LogP contribution in [0.15, 0.2) is 60.1 Å². The second-order valence-electron chi connectivity index (χ2n) is 6.90. The third-order valence-electron chi connectivity index (χ3n) is 4.38. The maximum Gasteiger partial charge on any atom is 0.347 e. The number of aryl methyl sites for hydroxylation is 1. The van der Waals surface area contributed by atoms with Gasteiger partial charge in [0.25, 0.3) is 5.91 Å². The molecule has 4 rings (SSSR count). The molecule has 33 heavy (non-hydrogen) atoms. The molecule has 0 bridgehead atoms. The summed E-state index contributed by atoms with van der Waals surface area (Å²) in [4.78, 5) is 32.3. The second kappa shape index (κ2) is 10.2. The molecule has 168 valence electrons. The van der Waals surface area contributed by atoms with Gasteiger partial charge < -0.3 is 14.6 Å². The normalized spacial score (nSPS) is 10.6. The van der Waals surface area contributed by atoms with Crippen molar-refractivity contribution in [2.24, 2.45) is 0 Å². The summed E-state index contributed by atoms with van der Waals surface area (Å²) in [6.45, 7) is 2.50. The Bertz CT molecular complexity index is 1270. The summed E-state index contributed by atoms with van der Waals surface area (Å²) in [5.74, 6) is -0.652. The minimum absolute atomic E-state index is 0.0350. The zero-order valence-corrected chi connectivity index (χ0v) is 19.1. The first kappa shape index (κ1) is 22.4. The number of ether oxygens (including phenoxy) is 2. The minimum Gasteiger partial charge on any atom is -0.489 e. The fourth-order valence-electron chi connectivity index (χ4n) is 2.84. The molecule has 0 fully saturated rings. The molecule has 0 radical (unpaired) electrons. The van der Waals surface area contributed by atoms with Gasteiger partial charge in [-0.1, -0.05) is 41.7 Å². The summed E-state index contributed by atoms with van der Waals surface area (Å²) in [5.41, 5.74) is 2.07. The molecule has 2 aromatic heterocycles. The molecule has 0 spiro atoms. The molecule has 0 aliphatic rings. The highest BCUT2D eigenvalue weighted by molar-refractivity contribution is 7.17. The van der Waals surface area contributed by atoms with Gasteiger partial charge in [0.15, 0.2) is 5.13 Å². The van der Waals surface area contributed by atoms with Gasteiger partial charge in [0, 0.05) is 17.0 Å². The van der Waals surface area contributed by atoms with Gasteiger partial charge in [0.05, 0.1) is 16.9 Å². The number of nitrogens with zero attached hydrogens (tertiary/aromatic N) is 2. The zero-order chi connectivity index (χ0) is 23.2. The largest absolute Gasteiger partial charge is 0.489 e. The molecular formula is C23H19N3O5S2. The second-order valence-corrected chi connectivity index (χ2v) is 9.00. The molecule has 0 saturated heterocycles. The number of nitrogens with one attached hydrogen (secondary N) is 1. The fraction of sp³-hybridized carbons (Fsp3) is 0.130. The zero-order valence-electron chi connectivity index (χ0n) is 17.5. The number of anilines is 1. The molecule has 0 atom stereocenters. The number of thiazole rings is 2. The number of carbonyl (C=O) groups is 2. The Morgan fingerprint density at radius 3 is 2.42 bits per heavy atom. The SMILES string of the molecule is Cc1nc(COc2cc(OCc3ccccc3)cc(C(=O)Nc3ncc(C(=O)O)s3)c2)cs1. The number of benzene rings is 2. The van der Waals surface area contributed by atoms with Crippen molar-refractivity contribution in [1.29, 1.82) is 0 Å². The fourth-order valence-corrected chi connectivity index (χ4v) is 4.09. The van der Waals surface area contributed by atoms with Crippen molar-refractivity contribution in [3.8, 4) is 11.5 Å². The van der Waals surface area contributed by atoms with E-state index in [0.29, 0.717) is 18.1 Å². The number of aromatic nitrogens is 2. The Balaban J connectivity index is 1.53. The number of carboxylic acids is 1. The van der Waals surface area contributed by atoms with Gasteiger partial charge in [-0.25, -0.2) is 14.8 Å². The summed E-state index contributed by atoms with van der Waals surface area (Å²) in [6.07, 6.45) is 1.20. The summed E-state index contributed by atoms with van der Waals surface area (Å²) in [5, 5.41) is 14.7. The predicted molar refractivity (Wildman–Crippen MR) is 125 cm³/mol. The number of rotatable bonds is 9. The monoisotopic (exact) mass is 481 g/mol. The third kappa shape index (κ3) is 6.15. The molecule has 10 heteroatoms. The van der Waals surface area contributed by atoms with E-state index in [-0.39, 0.29) is 22.2 Å². The van der Waals surface area contributed by atoms with Crippen LogP contribution in [-0.4, -0.2) is 27.0 Å². The van der Waals surface area contributed by atoms with Gasteiger partial charge in [-0.15, -0.1) is 11.3 Å². The van der Waals surface area contributed by atoms with Crippen LogP contribution in [0.4, 0.5) is 5.13 Å². The first-order valence-electron chi connectivity index (χ1n) is 9.82. The molecular weight excluding hydrogens is 462 g/mol. The Kier molecular flexibility index (Phi) is 6.96. The van der Waals surface area contributed by atoms with E-state index in [1.165, 1.54) is 17.5 Å². The van der Waals surface area contributed by atoms with Gasteiger partial charge >= 0.3 is 5.97 Å². The van der Waals surface area contributed by atoms with Gasteiger partial charge in [-0.05, 0) is 24.6 Å². The lowest BCUT2D eigenvalue weighted by atomic mass is 10.2. The highest BCUT2D eigenvalue weighted by atomic mass is 32.1. The number of amides is 1. The van der Waals surface area contributed by atoms with E-state index < -0.39 is 11.9 Å². The molecule has 2 aromatic carbocycles. The summed E-state index contributed by atoms with van der Waals surface area (Å²) < 4.78 is 11.8. The summed E-state index contributed by atoms with van der Waals surface area (Å²) in [7, 11) is 0. The highest BCUT2D eigenvalue weighted by Gasteiger charge is 2.15. The Morgan fingerprint density at radius 1 is 1.06 bits per heavy atom. The van der Waals surface area contributed by atoms with E-state index in [0.717, 1.165) is 27.6 Å². The maximum absolute atomic E-state index is 12.8. The van der Waals surface area contributed by atoms with Crippen LogP contribution in [0.5, 0.6) is 11.5 Å². The van der Waals surface area contributed by atoms with Crippen LogP contribution >= 0.6 is 22.7 Å². The van der Waals surface area contributed by atoms with Crippen molar-refractivity contribution in [2.45, 2.75) is 20.1 Å². The average Bonchev–Trinajstić information content (AvgIpc) is 3.46. The van der Waals surface area contributed by atoms with E-state index in [1.807, 2.05) is 42.6 Å². The Hall–Kier alpha value is -3.76. The van der Waals surface area contributed by atoms with Crippen molar-refractivity contribution < 1.29 is 24.2 Å². The summed E-state index contributed by atoms with van der Waals surface area (Å²) >= 11 is 2.41. The molecule has 4 aromatic rings. The van der Waals surface area contributed by atoms with E-state index in [9.17, 15) is 9.59 Å². The third-order valence-corrected chi connectivity index (χ3v) is 6.10. The predicted octanol–water partition coefficient (Wildman–Crippen LogP) is 5.02. The van der Waals surface area contributed by atoms with E-state index in [1.54, 1.807) is 18.2 Å². The van der Waals surface area contributed by atoms with Gasteiger partial charge in [0.2, 0.25) is 0 Å². The molecule has 2 heterocycles. The first-order valence-corrected chi connectivity index (χ1v) is 11.5. The topological polar surface area (TPSA) is 111 Å². The minimum atomic E-state index is -1.10. The van der Waals surface area contributed by atoms with Gasteiger partial charge in [-0.2, -0.15) is 0 Å². The van der Waals surface area contributed by atoms with Crippen molar-refractivity contribution in [2.75, 3.05) is 5.32 Å². The van der Waals surface area contributed by atoms with Crippen LogP contribution in [0, 0.1) is 6.92 Å². The van der Waals surface area contributed by atoms with Gasteiger partial charge in [0.1, 0.15) is 29.6 Å². The maximum atomic E-state index is 12.8. The summed E-state index contributed by atoms with van der Waals surface area (Å²) in [6, 6.07) is 14.6. The van der Waals surface area contributed by atoms with Crippen LogP contribution in [0.25, 0.3) is 0 Å². The number of aromatic carboxylic acids is 1. The molecule has 0 aliphatic heterocycles. The molecule has 0 saturated carbocycles. The average molecular weight is 482 g/mol. The highest BCUT2D eigenvalue weighted by Crippen LogP contribution is 2.26. The standard InChI is InChI=1S/C23H19N3O5S2/c1-14-25-17(13-32-14)12-31-19-8-16(21(27)26-23-24-10-20(33-23)22(28)29)7-18(9-19)30-11-15-5-3-2-4-6-15/h2-10,13H,11-12H2,1H3,(H,28,29)(H,24,26,27). The van der Waals surface area contributed by atoms with E-state index in [4.69, 9.17) is 14.6 Å². The van der Waals surface area contributed by atoms with Crippen LogP contribution in [0.2, 0.25) is 0 Å². The van der Waals surface area contributed by atoms with Crippen molar-refractivity contribution in [3.05, 3.63) is 86.8 Å². The quantitative estimate of drug-likeness (QED) is 0.345. The van der Waals surface area contributed by atoms with Crippen LogP contribution in [0.1, 0.15) is 36.3 Å².